The Morgan fingerprint density at radius 2 is 0.691 bits per heavy atom. The first kappa shape index (κ1) is 45.1. The van der Waals surface area contributed by atoms with Crippen molar-refractivity contribution in [1.82, 2.24) is 0 Å². The largest absolute Gasteiger partial charge is 0.394 e. The van der Waals surface area contributed by atoms with E-state index in [1.54, 1.807) is 0 Å². The van der Waals surface area contributed by atoms with Crippen molar-refractivity contribution >= 4 is 0 Å². The first-order valence-corrected chi connectivity index (χ1v) is 17.5. The van der Waals surface area contributed by atoms with E-state index in [0.29, 0.717) is 0 Å². The van der Waals surface area contributed by atoms with E-state index in [-0.39, 0.29) is 0 Å². The zero-order valence-electron chi connectivity index (χ0n) is 29.1. The molecule has 0 aliphatic carbocycles. The molecule has 0 aromatic heterocycles. The first-order chi connectivity index (χ1) is 26.0. The molecular formula is C30H52O25. The maximum atomic E-state index is 11.7. The molecule has 0 spiro atoms. The molecule has 0 saturated carbocycles. The smallest absolute Gasteiger partial charge is 0.187 e. The minimum Gasteiger partial charge on any atom is -0.394 e. The number of rotatable bonds is 12. The third-order valence-corrected chi connectivity index (χ3v) is 10.3. The van der Waals surface area contributed by atoms with Crippen molar-refractivity contribution < 1.29 is 124 Å². The summed E-state index contributed by atoms with van der Waals surface area (Å²) in [4.78, 5) is 0. The molecule has 25 nitrogen and oxygen atoms in total. The predicted octanol–water partition coefficient (Wildman–Crippen LogP) is -10.9. The van der Waals surface area contributed by atoms with Crippen LogP contribution in [0, 0.1) is 0 Å². The van der Waals surface area contributed by atoms with Gasteiger partial charge in [-0.25, -0.2) is 0 Å². The van der Waals surface area contributed by atoms with Crippen LogP contribution in [0.2, 0.25) is 0 Å². The van der Waals surface area contributed by atoms with Gasteiger partial charge in [0.05, 0.1) is 32.5 Å². The van der Waals surface area contributed by atoms with Crippen LogP contribution in [0.1, 0.15) is 6.92 Å². The van der Waals surface area contributed by atoms with Gasteiger partial charge in [-0.15, -0.1) is 0 Å². The van der Waals surface area contributed by atoms with E-state index >= 15 is 0 Å². The molecule has 322 valence electrons. The SMILES string of the molecule is C[C@@H]1OC(O)[C@H](O)[C@H](O[C@H]2O[C@H](CO)[C@@H](O[C@@H]3O[C@H](CO)[C@H](O[C@@H]4O[C@H](CO)[C@@H](O)[C@H](O)[C@H]4O)[C@H](O)[C@H]3O[C@H]3O[C@H](CO)[C@@H](O)[C@H](O)[C@H]3O)[C@H](O)[C@H]2O)[C@H]1O. The van der Waals surface area contributed by atoms with Gasteiger partial charge in [0.15, 0.2) is 31.5 Å². The lowest BCUT2D eigenvalue weighted by Crippen LogP contribution is -2.68. The summed E-state index contributed by atoms with van der Waals surface area (Å²) in [6.07, 6.45) is -45.7. The lowest BCUT2D eigenvalue weighted by atomic mass is 9.95. The number of ether oxygens (including phenoxy) is 9. The molecule has 16 N–H and O–H groups in total. The highest BCUT2D eigenvalue weighted by Gasteiger charge is 2.57. The molecule has 0 amide bonds. The van der Waals surface area contributed by atoms with Gasteiger partial charge in [0, 0.05) is 0 Å². The van der Waals surface area contributed by atoms with Crippen molar-refractivity contribution in [2.45, 2.75) is 160 Å². The van der Waals surface area contributed by atoms with Crippen LogP contribution in [-0.4, -0.2) is 262 Å². The minimum atomic E-state index is -2.13. The van der Waals surface area contributed by atoms with E-state index in [4.69, 9.17) is 42.6 Å². The maximum Gasteiger partial charge on any atom is 0.187 e. The molecule has 5 rings (SSSR count). The van der Waals surface area contributed by atoms with Gasteiger partial charge in [-0.2, -0.15) is 0 Å². The van der Waals surface area contributed by atoms with Gasteiger partial charge in [-0.3, -0.25) is 0 Å². The molecule has 0 aromatic rings. The fraction of sp³-hybridized carbons (Fsp3) is 1.00. The zero-order valence-corrected chi connectivity index (χ0v) is 29.1. The standard InChI is InChI=1S/C30H52O25/c1-6-11(35)24(21(45)26(46)47-6)54-29-19(43)16(40)22(9(4-33)50-29)53-30-25(55-28-18(42)15(39)13(37)8(3-32)49-28)20(44)23(10(5-34)51-30)52-27-17(41)14(38)12(36)7(2-31)48-27/h6-46H,2-5H2,1H3/t6-,7+,8+,9+,10+,11-,12+,13+,14-,15-,16+,17+,18+,19+,20-,21+,22+,23-,24+,25+,26?,27-,28+,29+,30-/m0/s1. The number of aliphatic hydroxyl groups is 16. The molecule has 25 heteroatoms. The second-order valence-electron chi connectivity index (χ2n) is 13.9. The Bertz CT molecular complexity index is 1170. The van der Waals surface area contributed by atoms with Gasteiger partial charge in [0.1, 0.15) is 116 Å². The van der Waals surface area contributed by atoms with Crippen LogP contribution in [0.5, 0.6) is 0 Å². The van der Waals surface area contributed by atoms with Crippen molar-refractivity contribution in [3.05, 3.63) is 0 Å². The van der Waals surface area contributed by atoms with E-state index < -0.39 is 180 Å². The predicted molar refractivity (Wildman–Crippen MR) is 165 cm³/mol. The Labute approximate surface area is 311 Å². The highest BCUT2D eigenvalue weighted by atomic mass is 16.8. The Kier molecular flexibility index (Phi) is 15.5. The molecule has 5 aliphatic heterocycles. The Balaban J connectivity index is 1.40. The van der Waals surface area contributed by atoms with Crippen molar-refractivity contribution in [1.29, 1.82) is 0 Å². The average Bonchev–Trinajstić information content (AvgIpc) is 3.17. The van der Waals surface area contributed by atoms with E-state index in [1.807, 2.05) is 0 Å². The van der Waals surface area contributed by atoms with E-state index in [0.717, 1.165) is 0 Å². The average molecular weight is 813 g/mol. The summed E-state index contributed by atoms with van der Waals surface area (Å²) in [6, 6.07) is 0. The molecule has 0 radical (unpaired) electrons. The van der Waals surface area contributed by atoms with Gasteiger partial charge in [0.2, 0.25) is 0 Å². The van der Waals surface area contributed by atoms with E-state index in [9.17, 15) is 81.7 Å². The summed E-state index contributed by atoms with van der Waals surface area (Å²) in [7, 11) is 0. The zero-order chi connectivity index (χ0) is 40.6. The van der Waals surface area contributed by atoms with Crippen molar-refractivity contribution in [2.24, 2.45) is 0 Å². The second kappa shape index (κ2) is 18.9. The fourth-order valence-electron chi connectivity index (χ4n) is 6.95. The van der Waals surface area contributed by atoms with Gasteiger partial charge < -0.3 is 124 Å². The lowest BCUT2D eigenvalue weighted by molar-refractivity contribution is -0.405. The molecular weight excluding hydrogens is 760 g/mol. The van der Waals surface area contributed by atoms with Crippen molar-refractivity contribution in [2.75, 3.05) is 26.4 Å². The van der Waals surface area contributed by atoms with E-state index in [2.05, 4.69) is 0 Å². The molecule has 5 fully saturated rings. The van der Waals surface area contributed by atoms with Crippen LogP contribution < -0.4 is 0 Å². The minimum absolute atomic E-state index is 0.858. The summed E-state index contributed by atoms with van der Waals surface area (Å²) in [5.41, 5.74) is 0. The van der Waals surface area contributed by atoms with Crippen LogP contribution in [0.15, 0.2) is 0 Å². The van der Waals surface area contributed by atoms with Crippen LogP contribution in [0.25, 0.3) is 0 Å². The molecule has 5 saturated heterocycles. The van der Waals surface area contributed by atoms with Crippen molar-refractivity contribution in [3.63, 3.8) is 0 Å². The van der Waals surface area contributed by atoms with Gasteiger partial charge in [0.25, 0.3) is 0 Å². The van der Waals surface area contributed by atoms with Crippen LogP contribution in [0.3, 0.4) is 0 Å². The van der Waals surface area contributed by atoms with Crippen LogP contribution >= 0.6 is 0 Å². The third-order valence-electron chi connectivity index (χ3n) is 10.3. The molecule has 5 aliphatic rings. The summed E-state index contributed by atoms with van der Waals surface area (Å²) in [5, 5.41) is 167. The van der Waals surface area contributed by atoms with Crippen LogP contribution in [0.4, 0.5) is 0 Å². The van der Waals surface area contributed by atoms with E-state index in [1.165, 1.54) is 6.92 Å². The monoisotopic (exact) mass is 812 g/mol. The number of aliphatic hydroxyl groups excluding tert-OH is 16. The highest BCUT2D eigenvalue weighted by molar-refractivity contribution is 4.99. The molecule has 25 atom stereocenters. The molecule has 0 bridgehead atoms. The molecule has 5 heterocycles. The third kappa shape index (κ3) is 9.11. The normalized spacial score (nSPS) is 53.9. The Morgan fingerprint density at radius 3 is 1.16 bits per heavy atom. The second-order valence-corrected chi connectivity index (χ2v) is 13.9. The highest BCUT2D eigenvalue weighted by Crippen LogP contribution is 2.36. The van der Waals surface area contributed by atoms with Gasteiger partial charge in [-0.1, -0.05) is 0 Å². The van der Waals surface area contributed by atoms with Crippen LogP contribution in [-0.2, 0) is 42.6 Å². The molecule has 1 unspecified atom stereocenters. The number of hydrogen-bond acceptors (Lipinski definition) is 25. The summed E-state index contributed by atoms with van der Waals surface area (Å²) in [6.45, 7) is -2.38. The summed E-state index contributed by atoms with van der Waals surface area (Å²) in [5.74, 6) is 0. The Hall–Kier alpha value is -1.00. The number of hydrogen-bond donors (Lipinski definition) is 16. The molecule has 55 heavy (non-hydrogen) atoms. The van der Waals surface area contributed by atoms with Gasteiger partial charge in [-0.05, 0) is 6.92 Å². The quantitative estimate of drug-likeness (QED) is 0.0870. The van der Waals surface area contributed by atoms with Crippen molar-refractivity contribution in [3.8, 4) is 0 Å². The maximum absolute atomic E-state index is 11.7. The Morgan fingerprint density at radius 1 is 0.327 bits per heavy atom. The topological polar surface area (TPSA) is 407 Å². The summed E-state index contributed by atoms with van der Waals surface area (Å²) >= 11 is 0. The summed E-state index contributed by atoms with van der Waals surface area (Å²) < 4.78 is 50.0. The van der Waals surface area contributed by atoms with Gasteiger partial charge >= 0.3 is 0 Å². The fourth-order valence-corrected chi connectivity index (χ4v) is 6.95. The molecule has 0 aromatic carbocycles. The lowest BCUT2D eigenvalue weighted by Gasteiger charge is -2.50. The first-order valence-electron chi connectivity index (χ1n) is 17.5.